The van der Waals surface area contributed by atoms with Gasteiger partial charge < -0.3 is 10.6 Å². The van der Waals surface area contributed by atoms with Crippen LogP contribution in [-0.2, 0) is 15.8 Å². The minimum absolute atomic E-state index is 0. The number of benzene rings is 3. The van der Waals surface area contributed by atoms with Crippen LogP contribution in [0.15, 0.2) is 60.8 Å². The van der Waals surface area contributed by atoms with E-state index in [1.54, 1.807) is 36.4 Å². The van der Waals surface area contributed by atoms with Crippen molar-refractivity contribution in [2.24, 2.45) is 0 Å². The molecule has 0 radical (unpaired) electrons. The molecule has 1 aliphatic heterocycles. The summed E-state index contributed by atoms with van der Waals surface area (Å²) in [7, 11) is -4.11. The van der Waals surface area contributed by atoms with Crippen LogP contribution < -0.4 is 15.4 Å². The minimum atomic E-state index is -4.11. The van der Waals surface area contributed by atoms with Crippen LogP contribution in [0.4, 0.5) is 24.8 Å². The smallest absolute Gasteiger partial charge is 0.237 e. The van der Waals surface area contributed by atoms with Crippen molar-refractivity contribution in [3.05, 3.63) is 83.8 Å². The molecule has 200 valence electrons. The number of nitrogens with one attached hydrogen (secondary N) is 3. The average Bonchev–Trinajstić information content (AvgIpc) is 2.88. The first-order valence-corrected chi connectivity index (χ1v) is 13.4. The van der Waals surface area contributed by atoms with E-state index in [2.05, 4.69) is 20.6 Å². The molecule has 12 heteroatoms. The predicted octanol–water partition coefficient (Wildman–Crippen LogP) is 5.24. The Morgan fingerprint density at radius 2 is 1.82 bits per heavy atom. The lowest BCUT2D eigenvalue weighted by atomic mass is 10.0. The van der Waals surface area contributed by atoms with Crippen LogP contribution >= 0.6 is 12.4 Å². The summed E-state index contributed by atoms with van der Waals surface area (Å²) in [6.45, 7) is 1.79. The highest BCUT2D eigenvalue weighted by molar-refractivity contribution is 7.91. The maximum atomic E-state index is 15.0. The van der Waals surface area contributed by atoms with Gasteiger partial charge in [-0.2, -0.15) is 0 Å². The summed E-state index contributed by atoms with van der Waals surface area (Å²) in [4.78, 5) is 8.77. The lowest BCUT2D eigenvalue weighted by Gasteiger charge is -2.23. The molecular formula is C26H25ClF3N5O2S. The van der Waals surface area contributed by atoms with Crippen molar-refractivity contribution >= 4 is 45.0 Å². The van der Waals surface area contributed by atoms with Gasteiger partial charge in [0, 0.05) is 30.2 Å². The van der Waals surface area contributed by atoms with Crippen LogP contribution in [0.3, 0.4) is 0 Å². The van der Waals surface area contributed by atoms with Gasteiger partial charge in [-0.05, 0) is 42.6 Å². The molecule has 1 unspecified atom stereocenters. The molecule has 0 aliphatic carbocycles. The fraction of sp³-hybridized carbons (Fsp3) is 0.231. The van der Waals surface area contributed by atoms with Gasteiger partial charge in [0.2, 0.25) is 16.0 Å². The highest BCUT2D eigenvalue weighted by Crippen LogP contribution is 2.34. The van der Waals surface area contributed by atoms with Gasteiger partial charge in [-0.15, -0.1) is 12.4 Å². The lowest BCUT2D eigenvalue weighted by molar-refractivity contribution is 0.478. The Hall–Kier alpha value is -3.41. The minimum Gasteiger partial charge on any atom is -0.350 e. The van der Waals surface area contributed by atoms with E-state index >= 15 is 8.78 Å². The molecule has 7 nitrogen and oxygen atoms in total. The van der Waals surface area contributed by atoms with Crippen LogP contribution in [0.25, 0.3) is 22.0 Å². The number of piperidine rings is 1. The predicted molar refractivity (Wildman–Crippen MR) is 144 cm³/mol. The Balaban J connectivity index is 0.00000336. The van der Waals surface area contributed by atoms with E-state index in [4.69, 9.17) is 0 Å². The first-order chi connectivity index (χ1) is 17.8. The molecule has 1 atom stereocenters. The summed E-state index contributed by atoms with van der Waals surface area (Å²) in [5.41, 5.74) is -0.342. The molecule has 0 spiro atoms. The standard InChI is InChI=1S/C26H24F3N5O2S.ClH/c27-20-12-22(34-37(35,36)15-16-5-2-1-3-6-16)24(28)25(29)23(20)17-8-9-21-18(11-17)13-31-26(33-21)32-19-7-4-10-30-14-19;/h1-3,5-6,8-9,11-13,19,30,34H,4,7,10,14-15H2,(H,31,32,33);1H. The number of sulfonamides is 1. The third-order valence-corrected chi connectivity index (χ3v) is 7.37. The Labute approximate surface area is 224 Å². The summed E-state index contributed by atoms with van der Waals surface area (Å²) in [6, 6.07) is 13.5. The molecule has 0 saturated carbocycles. The van der Waals surface area contributed by atoms with Gasteiger partial charge in [-0.3, -0.25) is 4.72 Å². The molecule has 1 aliphatic rings. The molecule has 0 amide bonds. The second-order valence-electron chi connectivity index (χ2n) is 8.91. The molecule has 0 bridgehead atoms. The Bertz CT molecular complexity index is 1550. The van der Waals surface area contributed by atoms with Gasteiger partial charge >= 0.3 is 0 Å². The van der Waals surface area contributed by atoms with Crippen LogP contribution in [-0.4, -0.2) is 37.5 Å². The van der Waals surface area contributed by atoms with E-state index in [-0.39, 0.29) is 24.0 Å². The van der Waals surface area contributed by atoms with E-state index in [1.165, 1.54) is 18.3 Å². The van der Waals surface area contributed by atoms with Crippen LogP contribution in [0, 0.1) is 17.5 Å². The zero-order valence-corrected chi connectivity index (χ0v) is 21.7. The maximum absolute atomic E-state index is 15.0. The molecule has 5 rings (SSSR count). The molecular weight excluding hydrogens is 539 g/mol. The summed E-state index contributed by atoms with van der Waals surface area (Å²) < 4.78 is 71.8. The third kappa shape index (κ3) is 6.17. The van der Waals surface area contributed by atoms with E-state index in [0.29, 0.717) is 28.5 Å². The summed E-state index contributed by atoms with van der Waals surface area (Å²) in [5.74, 6) is -4.13. The average molecular weight is 564 g/mol. The summed E-state index contributed by atoms with van der Waals surface area (Å²) in [5, 5.41) is 7.09. The SMILES string of the molecule is Cl.O=S(=O)(Cc1ccccc1)Nc1cc(F)c(-c2ccc3nc(NC4CCCNC4)ncc3c2)c(F)c1F. The molecule has 1 aromatic heterocycles. The summed E-state index contributed by atoms with van der Waals surface area (Å²) >= 11 is 0. The largest absolute Gasteiger partial charge is 0.350 e. The Morgan fingerprint density at radius 3 is 2.55 bits per heavy atom. The van der Waals surface area contributed by atoms with Crippen molar-refractivity contribution in [1.29, 1.82) is 0 Å². The molecule has 3 aromatic carbocycles. The molecule has 3 N–H and O–H groups in total. The summed E-state index contributed by atoms with van der Waals surface area (Å²) in [6.07, 6.45) is 3.58. The number of fused-ring (bicyclic) bond motifs is 1. The van der Waals surface area contributed by atoms with Crippen molar-refractivity contribution in [2.75, 3.05) is 23.1 Å². The molecule has 38 heavy (non-hydrogen) atoms. The maximum Gasteiger partial charge on any atom is 0.237 e. The van der Waals surface area contributed by atoms with Crippen molar-refractivity contribution in [1.82, 2.24) is 15.3 Å². The van der Waals surface area contributed by atoms with Gasteiger partial charge in [0.15, 0.2) is 11.6 Å². The number of nitrogens with zero attached hydrogens (tertiary/aromatic N) is 2. The second-order valence-corrected chi connectivity index (χ2v) is 10.6. The van der Waals surface area contributed by atoms with Gasteiger partial charge in [-0.1, -0.05) is 36.4 Å². The number of anilines is 2. The number of hydrogen-bond donors (Lipinski definition) is 3. The van der Waals surface area contributed by atoms with Crippen LogP contribution in [0.1, 0.15) is 18.4 Å². The number of rotatable bonds is 7. The number of aromatic nitrogens is 2. The zero-order valence-electron chi connectivity index (χ0n) is 20.0. The Morgan fingerprint density at radius 1 is 1.03 bits per heavy atom. The van der Waals surface area contributed by atoms with E-state index in [1.807, 2.05) is 4.72 Å². The van der Waals surface area contributed by atoms with Gasteiger partial charge in [0.25, 0.3) is 0 Å². The van der Waals surface area contributed by atoms with Crippen molar-refractivity contribution in [2.45, 2.75) is 24.6 Å². The van der Waals surface area contributed by atoms with Crippen molar-refractivity contribution in [3.63, 3.8) is 0 Å². The molecule has 4 aromatic rings. The Kier molecular flexibility index (Phi) is 8.39. The monoisotopic (exact) mass is 563 g/mol. The van der Waals surface area contributed by atoms with Gasteiger partial charge in [-0.25, -0.2) is 31.6 Å². The van der Waals surface area contributed by atoms with Crippen molar-refractivity contribution in [3.8, 4) is 11.1 Å². The topological polar surface area (TPSA) is 96.0 Å². The number of halogens is 4. The van der Waals surface area contributed by atoms with E-state index in [9.17, 15) is 12.8 Å². The highest BCUT2D eigenvalue weighted by atomic mass is 35.5. The second kappa shape index (κ2) is 11.5. The van der Waals surface area contributed by atoms with Gasteiger partial charge in [0.1, 0.15) is 5.82 Å². The molecule has 1 fully saturated rings. The number of hydrogen-bond acceptors (Lipinski definition) is 6. The lowest BCUT2D eigenvalue weighted by Crippen LogP contribution is -2.38. The van der Waals surface area contributed by atoms with Crippen molar-refractivity contribution < 1.29 is 21.6 Å². The van der Waals surface area contributed by atoms with Crippen LogP contribution in [0.5, 0.6) is 0 Å². The first kappa shape index (κ1) is 27.6. The first-order valence-electron chi connectivity index (χ1n) is 11.8. The molecule has 1 saturated heterocycles. The normalized spacial score (nSPS) is 15.6. The van der Waals surface area contributed by atoms with E-state index in [0.717, 1.165) is 25.9 Å². The van der Waals surface area contributed by atoms with E-state index < -0.39 is 44.5 Å². The fourth-order valence-corrected chi connectivity index (χ4v) is 5.53. The third-order valence-electron chi connectivity index (χ3n) is 6.12. The quantitative estimate of drug-likeness (QED) is 0.266. The zero-order chi connectivity index (χ0) is 26.0. The van der Waals surface area contributed by atoms with Crippen LogP contribution in [0.2, 0.25) is 0 Å². The highest BCUT2D eigenvalue weighted by Gasteiger charge is 2.23. The molecule has 2 heterocycles. The fourth-order valence-electron chi connectivity index (χ4n) is 4.35. The van der Waals surface area contributed by atoms with Gasteiger partial charge in [0.05, 0.1) is 22.5 Å².